The molecule has 4 fully saturated rings. The van der Waals surface area contributed by atoms with Gasteiger partial charge in [-0.15, -0.1) is 10.2 Å². The molecule has 0 spiro atoms. The molecule has 0 atom stereocenters. The van der Waals surface area contributed by atoms with Crippen LogP contribution in [0.5, 0.6) is 0 Å². The number of piperazine rings is 1. The van der Waals surface area contributed by atoms with Crippen LogP contribution in [-0.2, 0) is 10.5 Å². The van der Waals surface area contributed by atoms with E-state index in [1.165, 1.54) is 42.4 Å². The molecule has 46 heavy (non-hydrogen) atoms. The van der Waals surface area contributed by atoms with E-state index >= 15 is 0 Å². The lowest BCUT2D eigenvalue weighted by Gasteiger charge is -2.70. The molecule has 14 heteroatoms. The van der Waals surface area contributed by atoms with E-state index in [0.29, 0.717) is 38.9 Å². The molecule has 1 saturated heterocycles. The number of nitrogens with zero attached hydrogens (tertiary/aromatic N) is 6. The summed E-state index contributed by atoms with van der Waals surface area (Å²) in [5.41, 5.74) is 0.411. The van der Waals surface area contributed by atoms with Crippen LogP contribution in [0.2, 0.25) is 5.02 Å². The van der Waals surface area contributed by atoms with Crippen molar-refractivity contribution in [2.24, 2.45) is 10.8 Å². The summed E-state index contributed by atoms with van der Waals surface area (Å²) in [4.78, 5) is 38.5. The highest BCUT2D eigenvalue weighted by Crippen LogP contribution is 2.73. The van der Waals surface area contributed by atoms with Crippen LogP contribution in [0.3, 0.4) is 0 Å². The summed E-state index contributed by atoms with van der Waals surface area (Å²) in [5, 5.41) is 15.6. The number of aromatic nitrogens is 4. The number of halogens is 2. The number of thioether (sulfide) groups is 1. The zero-order valence-corrected chi connectivity index (χ0v) is 26.7. The summed E-state index contributed by atoms with van der Waals surface area (Å²) in [7, 11) is 2.16. The number of likely N-dealkylation sites (N-methyl/N-ethyl adjacent to an activating group) is 1. The summed E-state index contributed by atoms with van der Waals surface area (Å²) in [5.74, 6) is 1.02. The topological polar surface area (TPSA) is 129 Å². The third-order valence-corrected chi connectivity index (χ3v) is 10.2. The maximum atomic E-state index is 14.7. The Morgan fingerprint density at radius 3 is 2.61 bits per heavy atom. The van der Waals surface area contributed by atoms with E-state index < -0.39 is 11.4 Å². The Bertz CT molecular complexity index is 1830. The summed E-state index contributed by atoms with van der Waals surface area (Å²) in [6.07, 6.45) is 4.08. The molecule has 8 rings (SSSR count). The minimum atomic E-state index is -0.498. The Morgan fingerprint density at radius 2 is 1.83 bits per heavy atom. The Hall–Kier alpha value is -3.91. The van der Waals surface area contributed by atoms with Gasteiger partial charge in [0.15, 0.2) is 0 Å². The molecule has 1 amide bonds. The van der Waals surface area contributed by atoms with Crippen molar-refractivity contribution in [2.45, 2.75) is 30.0 Å². The van der Waals surface area contributed by atoms with Gasteiger partial charge in [-0.1, -0.05) is 29.4 Å². The average molecular weight is 663 g/mol. The number of amides is 1. The van der Waals surface area contributed by atoms with E-state index in [9.17, 15) is 14.0 Å². The molecule has 2 N–H and O–H groups in total. The standard InChI is InChI=1S/C32H32ClFN8O3S/c1-41-7-9-42(10-8-41)18-31-15-32(16-31,17-31)30(44)38-27-13-26(35-19-36-27)37-25-12-24(22-11-20(33)5-6-23(22)34)39-40-29(25)46-14-21-3-2-4-28(43)45-21/h2-6,11-13,19H,7-10,14-18H2,1H3,(H2,35,36,37,38,39,44). The lowest BCUT2D eigenvalue weighted by atomic mass is 9.34. The van der Waals surface area contributed by atoms with Crippen molar-refractivity contribution in [3.8, 4) is 11.3 Å². The summed E-state index contributed by atoms with van der Waals surface area (Å²) in [6, 6.07) is 12.2. The van der Waals surface area contributed by atoms with Crippen LogP contribution in [0, 0.1) is 16.6 Å². The third-order valence-electron chi connectivity index (χ3n) is 9.01. The van der Waals surface area contributed by atoms with E-state index in [1.807, 2.05) is 0 Å². The SMILES string of the molecule is CN1CCN(CC23CC(C(=O)Nc4cc(Nc5cc(-c6cc(Cl)ccc6F)nnc5SCc5cccc(=O)o5)ncn4)(C2)C3)CC1. The van der Waals surface area contributed by atoms with Crippen LogP contribution < -0.4 is 16.3 Å². The minimum Gasteiger partial charge on any atom is -0.427 e. The maximum Gasteiger partial charge on any atom is 0.335 e. The summed E-state index contributed by atoms with van der Waals surface area (Å²) >= 11 is 7.41. The lowest BCUT2D eigenvalue weighted by molar-refractivity contribution is -0.210. The second kappa shape index (κ2) is 12.4. The van der Waals surface area contributed by atoms with Gasteiger partial charge in [0, 0.05) is 55.4 Å². The van der Waals surface area contributed by atoms with Crippen LogP contribution in [-0.4, -0.2) is 75.6 Å². The highest BCUT2D eigenvalue weighted by Gasteiger charge is 2.71. The molecule has 3 aliphatic carbocycles. The van der Waals surface area contributed by atoms with Gasteiger partial charge in [-0.05, 0) is 62.1 Å². The van der Waals surface area contributed by atoms with Crippen molar-refractivity contribution in [3.63, 3.8) is 0 Å². The van der Waals surface area contributed by atoms with E-state index in [-0.39, 0.29) is 28.0 Å². The van der Waals surface area contributed by atoms with Crippen LogP contribution >= 0.6 is 23.4 Å². The third kappa shape index (κ3) is 6.37. The number of nitrogens with one attached hydrogen (secondary N) is 2. The minimum absolute atomic E-state index is 0.0118. The first kappa shape index (κ1) is 30.7. The summed E-state index contributed by atoms with van der Waals surface area (Å²) < 4.78 is 20.0. The second-order valence-corrected chi connectivity index (χ2v) is 13.9. The second-order valence-electron chi connectivity index (χ2n) is 12.5. The van der Waals surface area contributed by atoms with Gasteiger partial charge in [0.25, 0.3) is 0 Å². The van der Waals surface area contributed by atoms with Crippen LogP contribution in [0.1, 0.15) is 25.0 Å². The molecule has 4 aromatic rings. The quantitative estimate of drug-likeness (QED) is 0.221. The number of carbonyl (C=O) groups excluding carboxylic acids is 1. The van der Waals surface area contributed by atoms with Crippen LogP contribution in [0.25, 0.3) is 11.3 Å². The van der Waals surface area contributed by atoms with E-state index in [0.717, 1.165) is 52.0 Å². The number of carbonyl (C=O) groups is 1. The first-order chi connectivity index (χ1) is 22.2. The Labute approximate surface area is 274 Å². The van der Waals surface area contributed by atoms with Crippen molar-refractivity contribution in [2.75, 3.05) is 50.4 Å². The normalized spacial score (nSPS) is 22.5. The number of hydrogen-bond acceptors (Lipinski definition) is 11. The maximum absolute atomic E-state index is 14.7. The molecule has 1 aromatic carbocycles. The Kier molecular flexibility index (Phi) is 8.26. The van der Waals surface area contributed by atoms with Gasteiger partial charge < -0.3 is 24.9 Å². The number of hydrogen-bond donors (Lipinski definition) is 2. The highest BCUT2D eigenvalue weighted by atomic mass is 35.5. The molecule has 238 valence electrons. The van der Waals surface area contributed by atoms with Gasteiger partial charge in [-0.2, -0.15) is 0 Å². The van der Waals surface area contributed by atoms with Crippen molar-refractivity contribution in [3.05, 3.63) is 81.9 Å². The predicted molar refractivity (Wildman–Crippen MR) is 174 cm³/mol. The number of anilines is 3. The molecule has 4 heterocycles. The molecule has 4 aliphatic rings. The number of benzene rings is 1. The predicted octanol–water partition coefficient (Wildman–Crippen LogP) is 5.07. The Balaban J connectivity index is 1.06. The smallest absolute Gasteiger partial charge is 0.335 e. The van der Waals surface area contributed by atoms with Crippen molar-refractivity contribution in [1.29, 1.82) is 0 Å². The van der Waals surface area contributed by atoms with E-state index in [4.69, 9.17) is 16.0 Å². The van der Waals surface area contributed by atoms with E-state index in [1.54, 1.807) is 24.3 Å². The molecule has 0 unspecified atom stereocenters. The molecule has 0 radical (unpaired) electrons. The Morgan fingerprint density at radius 1 is 1.04 bits per heavy atom. The van der Waals surface area contributed by atoms with Crippen molar-refractivity contribution < 1.29 is 13.6 Å². The molecule has 1 aliphatic heterocycles. The first-order valence-electron chi connectivity index (χ1n) is 15.0. The van der Waals surface area contributed by atoms with Crippen LogP contribution in [0.15, 0.2) is 69.1 Å². The molecular formula is C32H32ClFN8O3S. The summed E-state index contributed by atoms with van der Waals surface area (Å²) in [6.45, 7) is 5.41. The van der Waals surface area contributed by atoms with Gasteiger partial charge in [0.1, 0.15) is 34.6 Å². The molecule has 3 saturated carbocycles. The van der Waals surface area contributed by atoms with Crippen molar-refractivity contribution >= 4 is 46.6 Å². The van der Waals surface area contributed by atoms with Gasteiger partial charge in [0.05, 0.1) is 22.5 Å². The lowest BCUT2D eigenvalue weighted by Crippen LogP contribution is -2.70. The first-order valence-corrected chi connectivity index (χ1v) is 16.4. The number of rotatable bonds is 10. The fourth-order valence-corrected chi connectivity index (χ4v) is 7.79. The van der Waals surface area contributed by atoms with E-state index in [2.05, 4.69) is 47.6 Å². The molecule has 3 aromatic heterocycles. The molecule has 11 nitrogen and oxygen atoms in total. The van der Waals surface area contributed by atoms with Gasteiger partial charge >= 0.3 is 5.63 Å². The fraction of sp³-hybridized carbons (Fsp3) is 0.375. The van der Waals surface area contributed by atoms with Gasteiger partial charge in [0.2, 0.25) is 5.91 Å². The monoisotopic (exact) mass is 662 g/mol. The van der Waals surface area contributed by atoms with Crippen LogP contribution in [0.4, 0.5) is 21.7 Å². The van der Waals surface area contributed by atoms with Gasteiger partial charge in [-0.3, -0.25) is 4.79 Å². The largest absolute Gasteiger partial charge is 0.427 e. The average Bonchev–Trinajstić information content (AvgIpc) is 3.00. The van der Waals surface area contributed by atoms with Gasteiger partial charge in [-0.25, -0.2) is 19.2 Å². The zero-order valence-electron chi connectivity index (χ0n) is 25.1. The van der Waals surface area contributed by atoms with Crippen molar-refractivity contribution in [1.82, 2.24) is 30.0 Å². The molecular weight excluding hydrogens is 631 g/mol. The highest BCUT2D eigenvalue weighted by molar-refractivity contribution is 7.98. The molecule has 2 bridgehead atoms. The fourth-order valence-electron chi connectivity index (χ4n) is 6.82. The zero-order chi connectivity index (χ0) is 31.9.